The minimum absolute atomic E-state index is 0.248. The lowest BCUT2D eigenvalue weighted by Gasteiger charge is -2.12. The highest BCUT2D eigenvalue weighted by Crippen LogP contribution is 2.36. The first-order chi connectivity index (χ1) is 10.1. The molecule has 1 aliphatic rings. The zero-order valence-electron chi connectivity index (χ0n) is 12.0. The molecule has 1 amide bonds. The van der Waals surface area contributed by atoms with Crippen LogP contribution in [0.4, 0.5) is 10.7 Å². The average molecular weight is 305 g/mol. The molecule has 1 aromatic rings. The topological polar surface area (TPSA) is 94.2 Å². The third kappa shape index (κ3) is 3.35. The summed E-state index contributed by atoms with van der Waals surface area (Å²) in [4.78, 5) is 14.6. The number of anilines is 2. The van der Waals surface area contributed by atoms with E-state index in [-0.39, 0.29) is 17.6 Å². The maximum atomic E-state index is 12.0. The molecule has 0 aromatic carbocycles. The second-order valence-corrected chi connectivity index (χ2v) is 6.07. The van der Waals surface area contributed by atoms with Crippen molar-refractivity contribution >= 4 is 27.9 Å². The first-order valence-corrected chi connectivity index (χ1v) is 7.55. The molecule has 0 aliphatic carbocycles. The van der Waals surface area contributed by atoms with E-state index in [1.165, 1.54) is 11.3 Å². The van der Waals surface area contributed by atoms with Gasteiger partial charge in [0, 0.05) is 19.1 Å². The number of amides is 1. The van der Waals surface area contributed by atoms with Crippen molar-refractivity contribution in [1.82, 2.24) is 10.2 Å². The van der Waals surface area contributed by atoms with E-state index in [0.717, 1.165) is 19.5 Å². The van der Waals surface area contributed by atoms with Crippen LogP contribution in [0, 0.1) is 11.3 Å². The molecule has 1 aliphatic heterocycles. The molecule has 1 unspecified atom stereocenters. The lowest BCUT2D eigenvalue weighted by atomic mass is 10.2. The first-order valence-electron chi connectivity index (χ1n) is 6.73. The van der Waals surface area contributed by atoms with Crippen LogP contribution in [0.25, 0.3) is 0 Å². The molecule has 0 radical (unpaired) electrons. The van der Waals surface area contributed by atoms with Crippen LogP contribution < -0.4 is 16.4 Å². The van der Waals surface area contributed by atoms with Gasteiger partial charge in [-0.2, -0.15) is 5.26 Å². The molecule has 4 N–H and O–H groups in total. The summed E-state index contributed by atoms with van der Waals surface area (Å²) in [6, 6.07) is 2.37. The molecule has 1 atom stereocenters. The van der Waals surface area contributed by atoms with Crippen LogP contribution in [0.3, 0.4) is 0 Å². The lowest BCUT2D eigenvalue weighted by molar-refractivity contribution is 0.0963. The van der Waals surface area contributed by atoms with Crippen LogP contribution in [0.2, 0.25) is 0 Å². The average Bonchev–Trinajstić information content (AvgIpc) is 3.00. The van der Waals surface area contributed by atoms with E-state index < -0.39 is 0 Å². The Kier molecular flexibility index (Phi) is 4.83. The fourth-order valence-corrected chi connectivity index (χ4v) is 3.37. The highest BCUT2D eigenvalue weighted by Gasteiger charge is 2.25. The van der Waals surface area contributed by atoms with Crippen molar-refractivity contribution in [2.45, 2.75) is 12.5 Å². The van der Waals surface area contributed by atoms with E-state index in [1.807, 2.05) is 0 Å². The number of hydrogen-bond donors (Lipinski definition) is 3. The third-order valence-electron chi connectivity index (χ3n) is 3.40. The Bertz CT molecular complexity index is 589. The largest absolute Gasteiger partial charge is 0.396 e. The van der Waals surface area contributed by atoms with Crippen molar-refractivity contribution in [3.63, 3.8) is 0 Å². The minimum Gasteiger partial charge on any atom is -0.396 e. The van der Waals surface area contributed by atoms with Gasteiger partial charge in [0.25, 0.3) is 5.91 Å². The maximum Gasteiger partial charge on any atom is 0.263 e. The van der Waals surface area contributed by atoms with Crippen LogP contribution in [-0.4, -0.2) is 43.5 Å². The van der Waals surface area contributed by atoms with Gasteiger partial charge in [-0.25, -0.2) is 0 Å². The van der Waals surface area contributed by atoms with E-state index >= 15 is 0 Å². The number of likely N-dealkylation sites (tertiary alicyclic amines) is 1. The molecular weight excluding hydrogens is 286 g/mol. The number of nitriles is 1. The second-order valence-electron chi connectivity index (χ2n) is 5.05. The molecule has 1 saturated heterocycles. The summed E-state index contributed by atoms with van der Waals surface area (Å²) >= 11 is 1.23. The predicted molar refractivity (Wildman–Crippen MR) is 85.5 cm³/mol. The Labute approximate surface area is 128 Å². The summed E-state index contributed by atoms with van der Waals surface area (Å²) < 4.78 is 0. The number of likely N-dealkylation sites (N-methyl/N-ethyl adjacent to an activating group) is 1. The number of nitrogens with two attached hydrogens (primary N) is 1. The monoisotopic (exact) mass is 305 g/mol. The number of rotatable bonds is 5. The van der Waals surface area contributed by atoms with Gasteiger partial charge in [0.05, 0.1) is 5.69 Å². The summed E-state index contributed by atoms with van der Waals surface area (Å²) in [6.45, 7) is 5.86. The van der Waals surface area contributed by atoms with Crippen molar-refractivity contribution in [2.24, 2.45) is 0 Å². The fourth-order valence-electron chi connectivity index (χ4n) is 2.31. The van der Waals surface area contributed by atoms with Gasteiger partial charge in [0.15, 0.2) is 0 Å². The van der Waals surface area contributed by atoms with E-state index in [1.54, 1.807) is 6.08 Å². The Hall–Kier alpha value is -2.04. The highest BCUT2D eigenvalue weighted by atomic mass is 32.1. The van der Waals surface area contributed by atoms with E-state index in [9.17, 15) is 10.1 Å². The molecule has 0 bridgehead atoms. The predicted octanol–water partition coefficient (Wildman–Crippen LogP) is 1.23. The summed E-state index contributed by atoms with van der Waals surface area (Å²) in [6.07, 6.45) is 2.61. The molecule has 1 aromatic heterocycles. The zero-order valence-corrected chi connectivity index (χ0v) is 12.8. The van der Waals surface area contributed by atoms with E-state index in [4.69, 9.17) is 5.73 Å². The second kappa shape index (κ2) is 6.61. The molecule has 2 heterocycles. The number of carbonyl (C=O) groups excluding carboxylic acids is 1. The van der Waals surface area contributed by atoms with Gasteiger partial charge in [-0.15, -0.1) is 17.9 Å². The molecule has 7 heteroatoms. The van der Waals surface area contributed by atoms with Gasteiger partial charge >= 0.3 is 0 Å². The van der Waals surface area contributed by atoms with Gasteiger partial charge in [-0.05, 0) is 20.0 Å². The number of nitrogens with zero attached hydrogens (tertiary/aromatic N) is 2. The van der Waals surface area contributed by atoms with Gasteiger partial charge in [0.1, 0.15) is 21.5 Å². The molecule has 0 saturated carbocycles. The Morgan fingerprint density at radius 3 is 3.05 bits per heavy atom. The smallest absolute Gasteiger partial charge is 0.263 e. The normalized spacial score (nSPS) is 18.2. The number of nitrogens with one attached hydrogen (secondary N) is 2. The number of nitrogen functional groups attached to an aromatic ring is 1. The summed E-state index contributed by atoms with van der Waals surface area (Å²) in [5.74, 6) is -0.273. The highest BCUT2D eigenvalue weighted by molar-refractivity contribution is 7.19. The molecular formula is C14H19N5OS. The number of hydrogen-bond acceptors (Lipinski definition) is 6. The quantitative estimate of drug-likeness (QED) is 0.711. The van der Waals surface area contributed by atoms with Crippen molar-refractivity contribution in [2.75, 3.05) is 37.7 Å². The van der Waals surface area contributed by atoms with Crippen LogP contribution >= 0.6 is 11.3 Å². The lowest BCUT2D eigenvalue weighted by Crippen LogP contribution is -2.23. The van der Waals surface area contributed by atoms with Crippen molar-refractivity contribution in [3.05, 3.63) is 23.1 Å². The standard InChI is InChI=1S/C14H19N5OS/c1-3-5-17-13(20)12-11(16)10(7-15)14(21-12)18-9-4-6-19(2)8-9/h3,9,18H,1,4-6,8,16H2,2H3,(H,17,20). The van der Waals surface area contributed by atoms with Crippen LogP contribution in [0.15, 0.2) is 12.7 Å². The molecule has 2 rings (SSSR count). The summed E-state index contributed by atoms with van der Waals surface area (Å²) in [7, 11) is 2.06. The Morgan fingerprint density at radius 2 is 2.48 bits per heavy atom. The van der Waals surface area contributed by atoms with Gasteiger partial charge < -0.3 is 21.3 Å². The molecule has 21 heavy (non-hydrogen) atoms. The minimum atomic E-state index is -0.273. The summed E-state index contributed by atoms with van der Waals surface area (Å²) in [5.41, 5.74) is 6.55. The molecule has 112 valence electrons. The van der Waals surface area contributed by atoms with Crippen molar-refractivity contribution < 1.29 is 4.79 Å². The Balaban J connectivity index is 2.19. The number of carbonyl (C=O) groups is 1. The molecule has 6 nitrogen and oxygen atoms in total. The first kappa shape index (κ1) is 15.4. The SMILES string of the molecule is C=CCNC(=O)c1sc(NC2CCN(C)C2)c(C#N)c1N. The van der Waals surface area contributed by atoms with Gasteiger partial charge in [-0.3, -0.25) is 4.79 Å². The summed E-state index contributed by atoms with van der Waals surface area (Å²) in [5, 5.41) is 16.0. The Morgan fingerprint density at radius 1 is 1.71 bits per heavy atom. The fraction of sp³-hybridized carbons (Fsp3) is 0.429. The van der Waals surface area contributed by atoms with Crippen LogP contribution in [0.1, 0.15) is 21.7 Å². The van der Waals surface area contributed by atoms with Crippen LogP contribution in [-0.2, 0) is 0 Å². The van der Waals surface area contributed by atoms with Crippen molar-refractivity contribution in [1.29, 1.82) is 5.26 Å². The number of thiophene rings is 1. The van der Waals surface area contributed by atoms with Crippen molar-refractivity contribution in [3.8, 4) is 6.07 Å². The maximum absolute atomic E-state index is 12.0. The van der Waals surface area contributed by atoms with Gasteiger partial charge in [0.2, 0.25) is 0 Å². The molecule has 1 fully saturated rings. The third-order valence-corrected chi connectivity index (χ3v) is 4.53. The van der Waals surface area contributed by atoms with Gasteiger partial charge in [-0.1, -0.05) is 6.08 Å². The van der Waals surface area contributed by atoms with E-state index in [2.05, 4.69) is 35.2 Å². The van der Waals surface area contributed by atoms with E-state index in [0.29, 0.717) is 22.0 Å². The molecule has 0 spiro atoms. The van der Waals surface area contributed by atoms with Crippen LogP contribution in [0.5, 0.6) is 0 Å². The zero-order chi connectivity index (χ0) is 15.4.